The summed E-state index contributed by atoms with van der Waals surface area (Å²) < 4.78 is 0.371. The SMILES string of the molecule is CSC1(CNc2cc(Cl)ccc2C(N)=S)CCC1. The van der Waals surface area contributed by atoms with Gasteiger partial charge >= 0.3 is 0 Å². The van der Waals surface area contributed by atoms with Crippen LogP contribution in [0.4, 0.5) is 5.69 Å². The van der Waals surface area contributed by atoms with E-state index < -0.39 is 0 Å². The molecule has 5 heteroatoms. The van der Waals surface area contributed by atoms with E-state index in [0.717, 1.165) is 17.8 Å². The lowest BCUT2D eigenvalue weighted by atomic mass is 9.84. The molecule has 0 amide bonds. The fourth-order valence-corrected chi connectivity index (χ4v) is 3.42. The molecular weight excluding hydrogens is 284 g/mol. The Labute approximate surface area is 123 Å². The maximum atomic E-state index is 6.02. The highest BCUT2D eigenvalue weighted by Gasteiger charge is 2.35. The number of hydrogen-bond acceptors (Lipinski definition) is 3. The van der Waals surface area contributed by atoms with E-state index in [1.807, 2.05) is 30.0 Å². The van der Waals surface area contributed by atoms with E-state index >= 15 is 0 Å². The van der Waals surface area contributed by atoms with Gasteiger partial charge < -0.3 is 11.1 Å². The Morgan fingerprint density at radius 2 is 2.28 bits per heavy atom. The Morgan fingerprint density at radius 1 is 1.56 bits per heavy atom. The summed E-state index contributed by atoms with van der Waals surface area (Å²) in [4.78, 5) is 0.404. The molecule has 0 bridgehead atoms. The van der Waals surface area contributed by atoms with Gasteiger partial charge in [0.2, 0.25) is 0 Å². The molecule has 0 heterocycles. The van der Waals surface area contributed by atoms with Crippen LogP contribution >= 0.6 is 35.6 Å². The lowest BCUT2D eigenvalue weighted by Crippen LogP contribution is -2.40. The van der Waals surface area contributed by atoms with E-state index in [9.17, 15) is 0 Å². The van der Waals surface area contributed by atoms with Gasteiger partial charge in [0.1, 0.15) is 4.99 Å². The van der Waals surface area contributed by atoms with E-state index in [2.05, 4.69) is 11.6 Å². The number of anilines is 1. The van der Waals surface area contributed by atoms with Gasteiger partial charge in [0, 0.05) is 27.6 Å². The highest BCUT2D eigenvalue weighted by molar-refractivity contribution is 8.00. The lowest BCUT2D eigenvalue weighted by molar-refractivity contribution is 0.380. The first-order chi connectivity index (χ1) is 8.56. The minimum Gasteiger partial charge on any atom is -0.389 e. The molecule has 1 aliphatic carbocycles. The van der Waals surface area contributed by atoms with Crippen molar-refractivity contribution in [1.29, 1.82) is 0 Å². The van der Waals surface area contributed by atoms with Crippen LogP contribution in [-0.4, -0.2) is 22.5 Å². The summed E-state index contributed by atoms with van der Waals surface area (Å²) in [6.07, 6.45) is 6.03. The Kier molecular flexibility index (Phi) is 4.41. The zero-order valence-corrected chi connectivity index (χ0v) is 12.7. The normalized spacial score (nSPS) is 17.0. The predicted octanol–water partition coefficient (Wildman–Crippen LogP) is 3.67. The minimum absolute atomic E-state index is 0.371. The third-order valence-corrected chi connectivity index (χ3v) is 5.42. The highest BCUT2D eigenvalue weighted by Crippen LogP contribution is 2.42. The van der Waals surface area contributed by atoms with Gasteiger partial charge in [0.15, 0.2) is 0 Å². The number of nitrogens with two attached hydrogens (primary N) is 1. The average molecular weight is 301 g/mol. The molecular formula is C13H17ClN2S2. The number of thioether (sulfide) groups is 1. The quantitative estimate of drug-likeness (QED) is 0.814. The summed E-state index contributed by atoms with van der Waals surface area (Å²) in [5, 5.41) is 4.15. The van der Waals surface area contributed by atoms with Crippen LogP contribution in [0.15, 0.2) is 18.2 Å². The molecule has 98 valence electrons. The summed E-state index contributed by atoms with van der Waals surface area (Å²) in [5.41, 5.74) is 7.53. The number of halogens is 1. The zero-order valence-electron chi connectivity index (χ0n) is 10.3. The van der Waals surface area contributed by atoms with E-state index in [0.29, 0.717) is 14.8 Å². The monoisotopic (exact) mass is 300 g/mol. The van der Waals surface area contributed by atoms with Crippen molar-refractivity contribution in [1.82, 2.24) is 0 Å². The van der Waals surface area contributed by atoms with Gasteiger partial charge in [0.05, 0.1) is 0 Å². The van der Waals surface area contributed by atoms with Gasteiger partial charge in [-0.2, -0.15) is 11.8 Å². The molecule has 1 aromatic carbocycles. The predicted molar refractivity (Wildman–Crippen MR) is 85.9 cm³/mol. The molecule has 1 aliphatic rings. The lowest BCUT2D eigenvalue weighted by Gasteiger charge is -2.40. The van der Waals surface area contributed by atoms with Crippen molar-refractivity contribution in [3.8, 4) is 0 Å². The first-order valence-corrected chi connectivity index (χ1v) is 7.96. The number of rotatable bonds is 5. The van der Waals surface area contributed by atoms with Gasteiger partial charge in [-0.3, -0.25) is 0 Å². The number of thiocarbonyl (C=S) groups is 1. The standard InChI is InChI=1S/C13H17ClN2S2/c1-18-13(5-2-6-13)8-16-11-7-9(14)3-4-10(11)12(15)17/h3-4,7,16H,2,5-6,8H2,1H3,(H2,15,17). The van der Waals surface area contributed by atoms with E-state index in [4.69, 9.17) is 29.6 Å². The average Bonchev–Trinajstić information content (AvgIpc) is 2.28. The van der Waals surface area contributed by atoms with Crippen LogP contribution in [0.3, 0.4) is 0 Å². The molecule has 1 saturated carbocycles. The molecule has 2 nitrogen and oxygen atoms in total. The minimum atomic E-state index is 0.371. The summed E-state index contributed by atoms with van der Waals surface area (Å²) in [5.74, 6) is 0. The first kappa shape index (κ1) is 14.0. The first-order valence-electron chi connectivity index (χ1n) is 5.95. The van der Waals surface area contributed by atoms with Crippen molar-refractivity contribution >= 4 is 46.3 Å². The van der Waals surface area contributed by atoms with Crippen LogP contribution in [0.1, 0.15) is 24.8 Å². The molecule has 1 fully saturated rings. The van der Waals surface area contributed by atoms with Gasteiger partial charge in [-0.25, -0.2) is 0 Å². The van der Waals surface area contributed by atoms with Crippen molar-refractivity contribution in [2.75, 3.05) is 18.1 Å². The largest absolute Gasteiger partial charge is 0.389 e. The van der Waals surface area contributed by atoms with Crippen molar-refractivity contribution in [2.45, 2.75) is 24.0 Å². The molecule has 2 rings (SSSR count). The number of hydrogen-bond donors (Lipinski definition) is 2. The van der Waals surface area contributed by atoms with E-state index in [1.165, 1.54) is 19.3 Å². The second-order valence-electron chi connectivity index (χ2n) is 4.65. The molecule has 0 aromatic heterocycles. The van der Waals surface area contributed by atoms with Crippen molar-refractivity contribution in [2.24, 2.45) is 5.73 Å². The van der Waals surface area contributed by atoms with Crippen LogP contribution in [0.5, 0.6) is 0 Å². The van der Waals surface area contributed by atoms with E-state index in [-0.39, 0.29) is 0 Å². The van der Waals surface area contributed by atoms with Crippen LogP contribution < -0.4 is 11.1 Å². The smallest absolute Gasteiger partial charge is 0.106 e. The maximum Gasteiger partial charge on any atom is 0.106 e. The van der Waals surface area contributed by atoms with Crippen molar-refractivity contribution in [3.63, 3.8) is 0 Å². The fraction of sp³-hybridized carbons (Fsp3) is 0.462. The van der Waals surface area contributed by atoms with Crippen LogP contribution in [0.2, 0.25) is 5.02 Å². The van der Waals surface area contributed by atoms with Crippen molar-refractivity contribution < 1.29 is 0 Å². The van der Waals surface area contributed by atoms with Crippen LogP contribution in [0.25, 0.3) is 0 Å². The third kappa shape index (κ3) is 2.92. The summed E-state index contributed by atoms with van der Waals surface area (Å²) >= 11 is 13.0. The van der Waals surface area contributed by atoms with Gasteiger partial charge in [-0.05, 0) is 37.3 Å². The third-order valence-electron chi connectivity index (χ3n) is 3.55. The van der Waals surface area contributed by atoms with Gasteiger partial charge in [0.25, 0.3) is 0 Å². The van der Waals surface area contributed by atoms with Gasteiger partial charge in [-0.15, -0.1) is 0 Å². The summed E-state index contributed by atoms with van der Waals surface area (Å²) in [7, 11) is 0. The topological polar surface area (TPSA) is 38.0 Å². The maximum absolute atomic E-state index is 6.02. The second kappa shape index (κ2) is 5.68. The fourth-order valence-electron chi connectivity index (χ4n) is 2.16. The highest BCUT2D eigenvalue weighted by atomic mass is 35.5. The molecule has 18 heavy (non-hydrogen) atoms. The molecule has 0 spiro atoms. The number of nitrogens with one attached hydrogen (secondary N) is 1. The second-order valence-corrected chi connectivity index (χ2v) is 6.80. The Bertz CT molecular complexity index is 453. The van der Waals surface area contributed by atoms with E-state index in [1.54, 1.807) is 0 Å². The van der Waals surface area contributed by atoms with Crippen LogP contribution in [0, 0.1) is 0 Å². The molecule has 0 radical (unpaired) electrons. The molecule has 0 unspecified atom stereocenters. The van der Waals surface area contributed by atoms with Gasteiger partial charge in [-0.1, -0.05) is 30.2 Å². The number of benzene rings is 1. The molecule has 3 N–H and O–H groups in total. The summed E-state index contributed by atoms with van der Waals surface area (Å²) in [6, 6.07) is 5.58. The molecule has 0 saturated heterocycles. The van der Waals surface area contributed by atoms with Crippen LogP contribution in [-0.2, 0) is 0 Å². The Balaban J connectivity index is 2.12. The molecule has 0 aliphatic heterocycles. The summed E-state index contributed by atoms with van der Waals surface area (Å²) in [6.45, 7) is 0.935. The Morgan fingerprint density at radius 3 is 2.78 bits per heavy atom. The Hall–Kier alpha value is -0.450. The van der Waals surface area contributed by atoms with Crippen molar-refractivity contribution in [3.05, 3.63) is 28.8 Å². The zero-order chi connectivity index (χ0) is 13.2. The molecule has 1 aromatic rings. The molecule has 0 atom stereocenters.